The number of hydrogen-bond acceptors (Lipinski definition) is 6. The second kappa shape index (κ2) is 10.0. The van der Waals surface area contributed by atoms with Crippen LogP contribution in [-0.2, 0) is 11.3 Å². The van der Waals surface area contributed by atoms with E-state index in [0.717, 1.165) is 4.47 Å². The van der Waals surface area contributed by atoms with E-state index in [1.54, 1.807) is 45.9 Å². The zero-order chi connectivity index (χ0) is 24.4. The van der Waals surface area contributed by atoms with Crippen molar-refractivity contribution in [3.05, 3.63) is 67.3 Å². The van der Waals surface area contributed by atoms with Crippen LogP contribution in [0.1, 0.15) is 24.4 Å². The van der Waals surface area contributed by atoms with Crippen molar-refractivity contribution in [2.24, 2.45) is 0 Å². The number of methoxy groups -OCH3 is 2. The second-order valence-corrected chi connectivity index (χ2v) is 9.10. The number of rotatable bonds is 6. The number of hydrogen-bond donors (Lipinski definition) is 1. The highest BCUT2D eigenvalue weighted by atomic mass is 79.9. The molecule has 3 aromatic rings. The number of piperidine rings is 1. The summed E-state index contributed by atoms with van der Waals surface area (Å²) in [6, 6.07) is 10.2. The number of aromatic nitrogens is 2. The van der Waals surface area contributed by atoms with E-state index in [9.17, 15) is 19.5 Å². The molecular weight excluding hydrogens is 506 g/mol. The third kappa shape index (κ3) is 4.47. The Morgan fingerprint density at radius 2 is 1.88 bits per heavy atom. The summed E-state index contributed by atoms with van der Waals surface area (Å²) in [7, 11) is 3.06. The number of carbonyl (C=O) groups excluding carboxylic acids is 1. The van der Waals surface area contributed by atoms with Crippen molar-refractivity contribution in [2.75, 3.05) is 33.9 Å². The molecule has 0 bridgehead atoms. The molecule has 1 atom stereocenters. The molecule has 10 heteroatoms. The lowest BCUT2D eigenvalue weighted by molar-refractivity contribution is -0.135. The van der Waals surface area contributed by atoms with Crippen molar-refractivity contribution >= 4 is 32.7 Å². The van der Waals surface area contributed by atoms with Crippen LogP contribution in [-0.4, -0.2) is 59.0 Å². The van der Waals surface area contributed by atoms with Crippen molar-refractivity contribution in [2.45, 2.75) is 25.4 Å². The molecule has 1 amide bonds. The second-order valence-electron chi connectivity index (χ2n) is 8.19. The average molecular weight is 532 g/mol. The van der Waals surface area contributed by atoms with Gasteiger partial charge in [-0.1, -0.05) is 22.0 Å². The number of carbonyl (C=O) groups is 1. The highest BCUT2D eigenvalue weighted by Gasteiger charge is 2.27. The van der Waals surface area contributed by atoms with E-state index in [-0.39, 0.29) is 18.5 Å². The first kappa shape index (κ1) is 24.0. The lowest BCUT2D eigenvalue weighted by atomic mass is 10.0. The van der Waals surface area contributed by atoms with Crippen molar-refractivity contribution in [1.29, 1.82) is 0 Å². The fraction of sp³-hybridized carbons (Fsp3) is 0.375. The van der Waals surface area contributed by atoms with E-state index in [2.05, 4.69) is 15.9 Å². The van der Waals surface area contributed by atoms with Gasteiger partial charge >= 0.3 is 5.69 Å². The van der Waals surface area contributed by atoms with E-state index in [4.69, 9.17) is 9.47 Å². The zero-order valence-corrected chi connectivity index (χ0v) is 20.6. The summed E-state index contributed by atoms with van der Waals surface area (Å²) in [5, 5.41) is 9.70. The van der Waals surface area contributed by atoms with Gasteiger partial charge in [0.2, 0.25) is 5.91 Å². The van der Waals surface area contributed by atoms with Crippen molar-refractivity contribution in [1.82, 2.24) is 14.0 Å². The predicted octanol–water partition coefficient (Wildman–Crippen LogP) is 2.15. The van der Waals surface area contributed by atoms with Gasteiger partial charge in [0.1, 0.15) is 6.61 Å². The van der Waals surface area contributed by atoms with Gasteiger partial charge in [-0.2, -0.15) is 0 Å². The Bertz CT molecular complexity index is 1350. The van der Waals surface area contributed by atoms with Gasteiger partial charge in [-0.25, -0.2) is 4.79 Å². The van der Waals surface area contributed by atoms with Crippen LogP contribution >= 0.6 is 15.9 Å². The van der Waals surface area contributed by atoms with Gasteiger partial charge in [-0.05, 0) is 48.7 Å². The monoisotopic (exact) mass is 531 g/mol. The smallest absolute Gasteiger partial charge is 0.332 e. The maximum absolute atomic E-state index is 13.7. The lowest BCUT2D eigenvalue weighted by Gasteiger charge is -2.34. The number of likely N-dealkylation sites (tertiary alicyclic amines) is 1. The first-order valence-corrected chi connectivity index (χ1v) is 11.7. The molecule has 1 aliphatic heterocycles. The molecule has 9 nitrogen and oxygen atoms in total. The third-order valence-electron chi connectivity index (χ3n) is 6.17. The Morgan fingerprint density at radius 3 is 2.59 bits per heavy atom. The molecule has 2 aromatic carbocycles. The molecule has 0 spiro atoms. The van der Waals surface area contributed by atoms with Crippen LogP contribution in [0.15, 0.2) is 50.5 Å². The van der Waals surface area contributed by atoms with E-state index in [1.807, 2.05) is 0 Å². The maximum Gasteiger partial charge on any atom is 0.332 e. The van der Waals surface area contributed by atoms with E-state index >= 15 is 0 Å². The molecule has 34 heavy (non-hydrogen) atoms. The van der Waals surface area contributed by atoms with Gasteiger partial charge in [0, 0.05) is 17.6 Å². The van der Waals surface area contributed by atoms with Crippen molar-refractivity contribution in [3.8, 4) is 11.5 Å². The van der Waals surface area contributed by atoms with Crippen LogP contribution < -0.4 is 20.7 Å². The fourth-order valence-electron chi connectivity index (χ4n) is 4.50. The van der Waals surface area contributed by atoms with Crippen LogP contribution in [0.4, 0.5) is 0 Å². The quantitative estimate of drug-likeness (QED) is 0.522. The molecule has 180 valence electrons. The highest BCUT2D eigenvalue weighted by molar-refractivity contribution is 9.10. The average Bonchev–Trinajstić information content (AvgIpc) is 2.86. The Labute approximate surface area is 204 Å². The van der Waals surface area contributed by atoms with E-state index in [0.29, 0.717) is 53.9 Å². The number of nitrogens with zero attached hydrogens (tertiary/aromatic N) is 3. The van der Waals surface area contributed by atoms with Crippen LogP contribution in [0.3, 0.4) is 0 Å². The predicted molar refractivity (Wildman–Crippen MR) is 131 cm³/mol. The molecule has 1 aliphatic rings. The number of benzene rings is 2. The van der Waals surface area contributed by atoms with Crippen LogP contribution in [0, 0.1) is 0 Å². The number of amides is 1. The van der Waals surface area contributed by atoms with E-state index in [1.165, 1.54) is 18.8 Å². The highest BCUT2D eigenvalue weighted by Crippen LogP contribution is 2.28. The Hall–Kier alpha value is -3.11. The maximum atomic E-state index is 13.7. The summed E-state index contributed by atoms with van der Waals surface area (Å²) in [4.78, 5) is 40.8. The van der Waals surface area contributed by atoms with Gasteiger partial charge < -0.3 is 19.5 Å². The summed E-state index contributed by atoms with van der Waals surface area (Å²) in [5.41, 5.74) is 0.382. The van der Waals surface area contributed by atoms with Gasteiger partial charge in [-0.3, -0.25) is 18.7 Å². The minimum Gasteiger partial charge on any atom is -0.493 e. The molecule has 2 heterocycles. The molecule has 1 aromatic heterocycles. The topological polar surface area (TPSA) is 103 Å². The summed E-state index contributed by atoms with van der Waals surface area (Å²) in [6.07, 6.45) is 1.37. The number of fused-ring (bicyclic) bond motifs is 1. The summed E-state index contributed by atoms with van der Waals surface area (Å²) < 4.78 is 14.2. The lowest BCUT2D eigenvalue weighted by Crippen LogP contribution is -2.47. The summed E-state index contributed by atoms with van der Waals surface area (Å²) in [6.45, 7) is 0.291. The Morgan fingerprint density at radius 1 is 1.12 bits per heavy atom. The first-order valence-electron chi connectivity index (χ1n) is 10.9. The van der Waals surface area contributed by atoms with Gasteiger partial charge in [0.05, 0.1) is 37.7 Å². The molecular formula is C24H26BrN3O6. The SMILES string of the molecule is COc1ccc(Cn2c(=O)c3cc(Br)ccc3n(C3CCCN(C(=O)CO)C3)c2=O)cc1OC. The normalized spacial score (nSPS) is 16.0. The van der Waals surface area contributed by atoms with Gasteiger partial charge in [-0.15, -0.1) is 0 Å². The number of aliphatic hydroxyl groups is 1. The minimum atomic E-state index is -0.575. The standard InChI is InChI=1S/C24H26BrN3O6/c1-33-20-8-5-15(10-21(20)34-2)12-27-23(31)18-11-16(25)6-7-19(18)28(24(27)32)17-4-3-9-26(13-17)22(30)14-29/h5-8,10-11,17,29H,3-4,9,12-14H2,1-2H3. The van der Waals surface area contributed by atoms with Gasteiger partial charge in [0.15, 0.2) is 11.5 Å². The summed E-state index contributed by atoms with van der Waals surface area (Å²) >= 11 is 3.42. The molecule has 0 saturated carbocycles. The Balaban J connectivity index is 1.86. The fourth-order valence-corrected chi connectivity index (χ4v) is 4.86. The van der Waals surface area contributed by atoms with Crippen molar-refractivity contribution < 1.29 is 19.4 Å². The molecule has 1 saturated heterocycles. The first-order chi connectivity index (χ1) is 16.4. The zero-order valence-electron chi connectivity index (χ0n) is 19.0. The third-order valence-corrected chi connectivity index (χ3v) is 6.66. The van der Waals surface area contributed by atoms with E-state index < -0.39 is 17.9 Å². The number of ether oxygens (including phenoxy) is 2. The molecule has 0 aliphatic carbocycles. The van der Waals surface area contributed by atoms with Crippen molar-refractivity contribution in [3.63, 3.8) is 0 Å². The molecule has 1 unspecified atom stereocenters. The van der Waals surface area contributed by atoms with Crippen LogP contribution in [0.25, 0.3) is 10.9 Å². The summed E-state index contributed by atoms with van der Waals surface area (Å²) in [5.74, 6) is 0.681. The number of aliphatic hydroxyl groups excluding tert-OH is 1. The molecule has 4 rings (SSSR count). The van der Waals surface area contributed by atoms with Gasteiger partial charge in [0.25, 0.3) is 5.56 Å². The van der Waals surface area contributed by atoms with Crippen LogP contribution in [0.2, 0.25) is 0 Å². The molecule has 1 fully saturated rings. The number of halogens is 1. The molecule has 1 N–H and O–H groups in total. The van der Waals surface area contributed by atoms with Crippen LogP contribution in [0.5, 0.6) is 11.5 Å². The molecule has 0 radical (unpaired) electrons. The largest absolute Gasteiger partial charge is 0.493 e. The Kier molecular flexibility index (Phi) is 7.08. The minimum absolute atomic E-state index is 0.0481.